The average Bonchev–Trinajstić information content (AvgIpc) is 3.44. The third kappa shape index (κ3) is 6.65. The van der Waals surface area contributed by atoms with Crippen LogP contribution in [0.3, 0.4) is 0 Å². The molecule has 0 bridgehead atoms. The summed E-state index contributed by atoms with van der Waals surface area (Å²) in [7, 11) is 4.80. The van der Waals surface area contributed by atoms with Gasteiger partial charge in [0.25, 0.3) is 5.91 Å². The van der Waals surface area contributed by atoms with Crippen LogP contribution in [0.1, 0.15) is 33.3 Å². The molecule has 0 N–H and O–H groups in total. The van der Waals surface area contributed by atoms with Crippen LogP contribution in [-0.2, 0) is 16.0 Å². The lowest BCUT2D eigenvalue weighted by Gasteiger charge is -2.37. The first-order valence-corrected chi connectivity index (χ1v) is 13.5. The van der Waals surface area contributed by atoms with Crippen molar-refractivity contribution in [2.75, 3.05) is 54.2 Å². The molecule has 202 valence electrons. The number of fused-ring (bicyclic) bond motifs is 1. The van der Waals surface area contributed by atoms with E-state index in [4.69, 9.17) is 18.9 Å². The number of thiophene rings is 1. The highest BCUT2D eigenvalue weighted by Crippen LogP contribution is 2.34. The van der Waals surface area contributed by atoms with E-state index in [-0.39, 0.29) is 24.4 Å². The number of carbonyl (C=O) groups excluding carboxylic acids is 2. The quantitative estimate of drug-likeness (QED) is 0.317. The van der Waals surface area contributed by atoms with Gasteiger partial charge in [-0.25, -0.2) is 0 Å². The summed E-state index contributed by atoms with van der Waals surface area (Å²) < 4.78 is 21.9. The minimum atomic E-state index is -0.253. The predicted octanol–water partition coefficient (Wildman–Crippen LogP) is 4.45. The molecule has 1 aliphatic rings. The monoisotopic (exact) mass is 538 g/mol. The molecule has 8 nitrogen and oxygen atoms in total. The van der Waals surface area contributed by atoms with Crippen LogP contribution in [0.4, 0.5) is 0 Å². The van der Waals surface area contributed by atoms with Gasteiger partial charge in [-0.05, 0) is 60.2 Å². The standard InChI is InChI=1S/C29H34N2O6S/c1-34-15-6-13-30(29(33)21-7-4-8-22(17-21)35-2)19-28(32)31-14-11-27-25(12-16-38-27)26(31)20-37-24-10-5-9-23(18-24)36-3/h4-5,7-10,12,16-18,26H,6,11,13-15,19-20H2,1-3H3. The van der Waals surface area contributed by atoms with Crippen molar-refractivity contribution in [1.29, 1.82) is 0 Å². The summed E-state index contributed by atoms with van der Waals surface area (Å²) in [5.74, 6) is 1.64. The number of carbonyl (C=O) groups is 2. The first-order valence-electron chi connectivity index (χ1n) is 12.6. The first-order chi connectivity index (χ1) is 18.5. The zero-order valence-corrected chi connectivity index (χ0v) is 22.9. The third-order valence-corrected chi connectivity index (χ3v) is 7.57. The van der Waals surface area contributed by atoms with Crippen molar-refractivity contribution >= 4 is 23.2 Å². The number of ether oxygens (including phenoxy) is 4. The molecular weight excluding hydrogens is 504 g/mol. The van der Waals surface area contributed by atoms with Gasteiger partial charge in [-0.1, -0.05) is 12.1 Å². The van der Waals surface area contributed by atoms with E-state index in [1.165, 1.54) is 4.88 Å². The number of amides is 2. The molecule has 0 aliphatic carbocycles. The minimum Gasteiger partial charge on any atom is -0.497 e. The van der Waals surface area contributed by atoms with Gasteiger partial charge in [0.2, 0.25) is 5.91 Å². The van der Waals surface area contributed by atoms with Crippen LogP contribution in [0.2, 0.25) is 0 Å². The van der Waals surface area contributed by atoms with E-state index in [1.807, 2.05) is 29.2 Å². The molecule has 9 heteroatoms. The van der Waals surface area contributed by atoms with Crippen LogP contribution < -0.4 is 14.2 Å². The predicted molar refractivity (Wildman–Crippen MR) is 146 cm³/mol. The van der Waals surface area contributed by atoms with E-state index in [0.717, 1.165) is 12.0 Å². The molecule has 1 aromatic heterocycles. The van der Waals surface area contributed by atoms with Crippen molar-refractivity contribution < 1.29 is 28.5 Å². The zero-order chi connectivity index (χ0) is 26.9. The van der Waals surface area contributed by atoms with Gasteiger partial charge in [0, 0.05) is 43.3 Å². The highest BCUT2D eigenvalue weighted by molar-refractivity contribution is 7.10. The molecule has 1 unspecified atom stereocenters. The fraction of sp³-hybridized carbons (Fsp3) is 0.379. The summed E-state index contributed by atoms with van der Waals surface area (Å²) in [4.78, 5) is 31.9. The Balaban J connectivity index is 1.53. The van der Waals surface area contributed by atoms with Crippen molar-refractivity contribution in [2.24, 2.45) is 0 Å². The summed E-state index contributed by atoms with van der Waals surface area (Å²) in [6, 6.07) is 16.2. The van der Waals surface area contributed by atoms with E-state index in [2.05, 4.69) is 11.4 Å². The number of hydrogen-bond donors (Lipinski definition) is 0. The van der Waals surface area contributed by atoms with Crippen LogP contribution >= 0.6 is 11.3 Å². The third-order valence-electron chi connectivity index (χ3n) is 6.57. The van der Waals surface area contributed by atoms with Crippen LogP contribution in [0.5, 0.6) is 17.2 Å². The van der Waals surface area contributed by atoms with Crippen LogP contribution in [0, 0.1) is 0 Å². The first kappa shape index (κ1) is 27.5. The molecule has 2 amide bonds. The van der Waals surface area contributed by atoms with Crippen molar-refractivity contribution in [3.05, 3.63) is 76.0 Å². The van der Waals surface area contributed by atoms with Gasteiger partial charge in [-0.3, -0.25) is 9.59 Å². The Morgan fingerprint density at radius 1 is 1.00 bits per heavy atom. The maximum atomic E-state index is 13.8. The van der Waals surface area contributed by atoms with Crippen molar-refractivity contribution in [1.82, 2.24) is 9.80 Å². The maximum absolute atomic E-state index is 13.8. The zero-order valence-electron chi connectivity index (χ0n) is 22.1. The number of methoxy groups -OCH3 is 3. The van der Waals surface area contributed by atoms with Crippen molar-refractivity contribution in [2.45, 2.75) is 18.9 Å². The number of hydrogen-bond acceptors (Lipinski definition) is 7. The van der Waals surface area contributed by atoms with Gasteiger partial charge < -0.3 is 28.7 Å². The molecular formula is C29H34N2O6S. The maximum Gasteiger partial charge on any atom is 0.254 e. The van der Waals surface area contributed by atoms with E-state index in [9.17, 15) is 9.59 Å². The lowest BCUT2D eigenvalue weighted by atomic mass is 10.0. The Bertz CT molecular complexity index is 1230. The highest BCUT2D eigenvalue weighted by atomic mass is 32.1. The van der Waals surface area contributed by atoms with Crippen LogP contribution in [0.25, 0.3) is 0 Å². The molecule has 1 aliphatic heterocycles. The molecule has 0 spiro atoms. The average molecular weight is 539 g/mol. The van der Waals surface area contributed by atoms with Crippen molar-refractivity contribution in [3.8, 4) is 17.2 Å². The molecule has 2 heterocycles. The summed E-state index contributed by atoms with van der Waals surface area (Å²) in [5, 5.41) is 2.06. The van der Waals surface area contributed by atoms with Gasteiger partial charge in [0.05, 0.1) is 20.3 Å². The van der Waals surface area contributed by atoms with E-state index in [0.29, 0.717) is 55.5 Å². The normalized spacial score (nSPS) is 14.5. The summed E-state index contributed by atoms with van der Waals surface area (Å²) in [5.41, 5.74) is 1.58. The Labute approximate surface area is 227 Å². The summed E-state index contributed by atoms with van der Waals surface area (Å²) >= 11 is 1.70. The van der Waals surface area contributed by atoms with Gasteiger partial charge >= 0.3 is 0 Å². The molecule has 0 saturated carbocycles. The molecule has 1 atom stereocenters. The second-order valence-electron chi connectivity index (χ2n) is 8.95. The van der Waals surface area contributed by atoms with E-state index >= 15 is 0 Å². The van der Waals surface area contributed by atoms with Crippen molar-refractivity contribution in [3.63, 3.8) is 0 Å². The molecule has 3 aromatic rings. The summed E-state index contributed by atoms with van der Waals surface area (Å²) in [6.45, 7) is 1.73. The number of benzene rings is 2. The van der Waals surface area contributed by atoms with E-state index in [1.54, 1.807) is 61.8 Å². The van der Waals surface area contributed by atoms with E-state index < -0.39 is 0 Å². The fourth-order valence-electron chi connectivity index (χ4n) is 4.59. The second kappa shape index (κ2) is 13.3. The Kier molecular flexibility index (Phi) is 9.62. The summed E-state index contributed by atoms with van der Waals surface area (Å²) in [6.07, 6.45) is 1.40. The minimum absolute atomic E-state index is 0.0328. The Hall–Kier alpha value is -3.56. The van der Waals surface area contributed by atoms with Crippen LogP contribution in [0.15, 0.2) is 60.0 Å². The Morgan fingerprint density at radius 3 is 2.50 bits per heavy atom. The molecule has 38 heavy (non-hydrogen) atoms. The molecule has 2 aromatic carbocycles. The number of rotatable bonds is 12. The highest BCUT2D eigenvalue weighted by Gasteiger charge is 2.33. The van der Waals surface area contributed by atoms with Crippen LogP contribution in [-0.4, -0.2) is 75.8 Å². The van der Waals surface area contributed by atoms with Gasteiger partial charge in [0.15, 0.2) is 0 Å². The lowest BCUT2D eigenvalue weighted by molar-refractivity contribution is -0.135. The molecule has 0 saturated heterocycles. The Morgan fingerprint density at radius 2 is 1.74 bits per heavy atom. The lowest BCUT2D eigenvalue weighted by Crippen LogP contribution is -2.48. The van der Waals surface area contributed by atoms with Gasteiger partial charge in [-0.15, -0.1) is 11.3 Å². The topological polar surface area (TPSA) is 77.5 Å². The van der Waals surface area contributed by atoms with Gasteiger partial charge in [-0.2, -0.15) is 0 Å². The number of nitrogens with zero attached hydrogens (tertiary/aromatic N) is 2. The smallest absolute Gasteiger partial charge is 0.254 e. The second-order valence-corrected chi connectivity index (χ2v) is 9.95. The fourth-order valence-corrected chi connectivity index (χ4v) is 5.51. The largest absolute Gasteiger partial charge is 0.497 e. The molecule has 4 rings (SSSR count). The molecule has 0 radical (unpaired) electrons. The van der Waals surface area contributed by atoms with Gasteiger partial charge in [0.1, 0.15) is 30.4 Å². The SMILES string of the molecule is COCCCN(CC(=O)N1CCc2sccc2C1COc1cccc(OC)c1)C(=O)c1cccc(OC)c1. The molecule has 0 fully saturated rings.